The maximum absolute atomic E-state index is 8.94. The molecule has 0 saturated carbocycles. The molecule has 1 saturated heterocycles. The molecule has 5 heteroatoms. The summed E-state index contributed by atoms with van der Waals surface area (Å²) in [5.74, 6) is 1.52. The van der Waals surface area contributed by atoms with E-state index in [9.17, 15) is 0 Å². The standard InChI is InChI=1S/C21H19N5/c22-15-16-8-10-18(11-9-16)23-21-24-19(17-6-2-1-3-7-17)14-20(25-21)26-12-4-5-13-26/h1-3,6-11,14H,4-5,12-13H2,(H,23,24,25). The molecule has 128 valence electrons. The number of hydrogen-bond acceptors (Lipinski definition) is 5. The van der Waals surface area contributed by atoms with Crippen LogP contribution in [0.4, 0.5) is 17.5 Å². The minimum absolute atomic E-state index is 0.568. The number of anilines is 3. The summed E-state index contributed by atoms with van der Waals surface area (Å²) in [4.78, 5) is 11.7. The van der Waals surface area contributed by atoms with Gasteiger partial charge in [-0.2, -0.15) is 10.2 Å². The Morgan fingerprint density at radius 2 is 1.65 bits per heavy atom. The van der Waals surface area contributed by atoms with Gasteiger partial charge >= 0.3 is 0 Å². The average molecular weight is 341 g/mol. The van der Waals surface area contributed by atoms with Crippen LogP contribution in [0, 0.1) is 11.3 Å². The van der Waals surface area contributed by atoms with Crippen molar-refractivity contribution in [2.24, 2.45) is 0 Å². The van der Waals surface area contributed by atoms with Crippen molar-refractivity contribution in [3.63, 3.8) is 0 Å². The van der Waals surface area contributed by atoms with Gasteiger partial charge in [0.1, 0.15) is 5.82 Å². The Balaban J connectivity index is 1.70. The number of nitrogens with zero attached hydrogens (tertiary/aromatic N) is 4. The molecular formula is C21H19N5. The number of benzene rings is 2. The van der Waals surface area contributed by atoms with E-state index in [1.54, 1.807) is 12.1 Å². The van der Waals surface area contributed by atoms with E-state index in [1.165, 1.54) is 12.8 Å². The molecule has 4 rings (SSSR count). The quantitative estimate of drug-likeness (QED) is 0.764. The fourth-order valence-corrected chi connectivity index (χ4v) is 3.11. The number of hydrogen-bond donors (Lipinski definition) is 1. The first-order chi connectivity index (χ1) is 12.8. The summed E-state index contributed by atoms with van der Waals surface area (Å²) in [6.45, 7) is 2.06. The topological polar surface area (TPSA) is 64.8 Å². The first kappa shape index (κ1) is 16.1. The van der Waals surface area contributed by atoms with Crippen LogP contribution in [-0.4, -0.2) is 23.1 Å². The van der Waals surface area contributed by atoms with E-state index in [0.717, 1.165) is 35.9 Å². The van der Waals surface area contributed by atoms with Crippen LogP contribution in [0.3, 0.4) is 0 Å². The summed E-state index contributed by atoms with van der Waals surface area (Å²) in [5, 5.41) is 12.2. The van der Waals surface area contributed by atoms with E-state index in [4.69, 9.17) is 15.2 Å². The lowest BCUT2D eigenvalue weighted by atomic mass is 10.1. The first-order valence-corrected chi connectivity index (χ1v) is 8.78. The molecule has 3 aromatic rings. The van der Waals surface area contributed by atoms with Crippen molar-refractivity contribution in [1.82, 2.24) is 9.97 Å². The summed E-state index contributed by atoms with van der Waals surface area (Å²) < 4.78 is 0. The highest BCUT2D eigenvalue weighted by Crippen LogP contribution is 2.26. The Bertz CT molecular complexity index is 923. The van der Waals surface area contributed by atoms with Gasteiger partial charge in [0.25, 0.3) is 0 Å². The zero-order valence-electron chi connectivity index (χ0n) is 14.4. The Morgan fingerprint density at radius 1 is 0.923 bits per heavy atom. The Kier molecular flexibility index (Phi) is 4.48. The number of rotatable bonds is 4. The normalized spacial score (nSPS) is 13.4. The van der Waals surface area contributed by atoms with E-state index in [2.05, 4.69) is 34.5 Å². The third-order valence-electron chi connectivity index (χ3n) is 4.48. The SMILES string of the molecule is N#Cc1ccc(Nc2nc(-c3ccccc3)cc(N3CCCC3)n2)cc1. The maximum atomic E-state index is 8.94. The number of nitriles is 1. The Hall–Kier alpha value is -3.39. The fraction of sp³-hybridized carbons (Fsp3) is 0.190. The Morgan fingerprint density at radius 3 is 2.35 bits per heavy atom. The highest BCUT2D eigenvalue weighted by Gasteiger charge is 2.16. The first-order valence-electron chi connectivity index (χ1n) is 8.78. The lowest BCUT2D eigenvalue weighted by Crippen LogP contribution is -2.19. The summed E-state index contributed by atoms with van der Waals surface area (Å²) in [6.07, 6.45) is 2.39. The molecular weight excluding hydrogens is 322 g/mol. The van der Waals surface area contributed by atoms with E-state index in [-0.39, 0.29) is 0 Å². The maximum Gasteiger partial charge on any atom is 0.229 e. The van der Waals surface area contributed by atoms with Gasteiger partial charge in [0.2, 0.25) is 5.95 Å². The van der Waals surface area contributed by atoms with E-state index in [0.29, 0.717) is 11.5 Å². The van der Waals surface area contributed by atoms with Crippen molar-refractivity contribution in [3.05, 3.63) is 66.2 Å². The van der Waals surface area contributed by atoms with Crippen molar-refractivity contribution >= 4 is 17.5 Å². The van der Waals surface area contributed by atoms with Gasteiger partial charge < -0.3 is 10.2 Å². The smallest absolute Gasteiger partial charge is 0.229 e. The molecule has 1 aliphatic rings. The van der Waals surface area contributed by atoms with Gasteiger partial charge in [-0.25, -0.2) is 4.98 Å². The monoisotopic (exact) mass is 341 g/mol. The molecule has 0 spiro atoms. The highest BCUT2D eigenvalue weighted by atomic mass is 15.2. The summed E-state index contributed by atoms with van der Waals surface area (Å²) in [7, 11) is 0. The molecule has 2 aromatic carbocycles. The van der Waals surface area contributed by atoms with Crippen molar-refractivity contribution in [3.8, 4) is 17.3 Å². The molecule has 0 bridgehead atoms. The van der Waals surface area contributed by atoms with Gasteiger partial charge in [-0.1, -0.05) is 30.3 Å². The largest absolute Gasteiger partial charge is 0.356 e. The molecule has 26 heavy (non-hydrogen) atoms. The second-order valence-electron chi connectivity index (χ2n) is 6.31. The van der Waals surface area contributed by atoms with Gasteiger partial charge in [0.15, 0.2) is 0 Å². The average Bonchev–Trinajstić information content (AvgIpc) is 3.24. The molecule has 1 fully saturated rings. The fourth-order valence-electron chi connectivity index (χ4n) is 3.11. The minimum atomic E-state index is 0.568. The van der Waals surface area contributed by atoms with Crippen LogP contribution in [0.15, 0.2) is 60.7 Å². The molecule has 0 unspecified atom stereocenters. The van der Waals surface area contributed by atoms with E-state index < -0.39 is 0 Å². The van der Waals surface area contributed by atoms with E-state index >= 15 is 0 Å². The molecule has 0 atom stereocenters. The van der Waals surface area contributed by atoms with Crippen LogP contribution in [-0.2, 0) is 0 Å². The summed E-state index contributed by atoms with van der Waals surface area (Å²) >= 11 is 0. The van der Waals surface area contributed by atoms with Gasteiger partial charge in [-0.15, -0.1) is 0 Å². The minimum Gasteiger partial charge on any atom is -0.356 e. The molecule has 1 aromatic heterocycles. The highest BCUT2D eigenvalue weighted by molar-refractivity contribution is 5.66. The van der Waals surface area contributed by atoms with Gasteiger partial charge in [-0.3, -0.25) is 0 Å². The Labute approximate surface area is 153 Å². The van der Waals surface area contributed by atoms with Gasteiger partial charge in [-0.05, 0) is 37.1 Å². The lowest BCUT2D eigenvalue weighted by Gasteiger charge is -2.18. The van der Waals surface area contributed by atoms with Crippen molar-refractivity contribution < 1.29 is 0 Å². The third kappa shape index (κ3) is 3.50. The predicted molar refractivity (Wildman–Crippen MR) is 103 cm³/mol. The molecule has 1 N–H and O–H groups in total. The van der Waals surface area contributed by atoms with Gasteiger partial charge in [0, 0.05) is 30.4 Å². The predicted octanol–water partition coefficient (Wildman–Crippen LogP) is 4.36. The van der Waals surface area contributed by atoms with Crippen molar-refractivity contribution in [2.75, 3.05) is 23.3 Å². The van der Waals surface area contributed by atoms with Crippen LogP contribution in [0.1, 0.15) is 18.4 Å². The lowest BCUT2D eigenvalue weighted by molar-refractivity contribution is 0.931. The van der Waals surface area contributed by atoms with E-state index in [1.807, 2.05) is 30.3 Å². The zero-order valence-corrected chi connectivity index (χ0v) is 14.4. The van der Waals surface area contributed by atoms with Crippen molar-refractivity contribution in [2.45, 2.75) is 12.8 Å². The second kappa shape index (κ2) is 7.24. The zero-order chi connectivity index (χ0) is 17.8. The van der Waals surface area contributed by atoms with Crippen LogP contribution in [0.25, 0.3) is 11.3 Å². The van der Waals surface area contributed by atoms with Crippen LogP contribution in [0.5, 0.6) is 0 Å². The van der Waals surface area contributed by atoms with Crippen molar-refractivity contribution in [1.29, 1.82) is 5.26 Å². The number of aromatic nitrogens is 2. The van der Waals surface area contributed by atoms with Crippen LogP contribution < -0.4 is 10.2 Å². The molecule has 1 aliphatic heterocycles. The second-order valence-corrected chi connectivity index (χ2v) is 6.31. The third-order valence-corrected chi connectivity index (χ3v) is 4.48. The molecule has 0 aliphatic carbocycles. The summed E-state index contributed by atoms with van der Waals surface area (Å²) in [5.41, 5.74) is 3.46. The number of nitrogens with one attached hydrogen (secondary N) is 1. The molecule has 0 amide bonds. The van der Waals surface area contributed by atoms with Crippen LogP contribution in [0.2, 0.25) is 0 Å². The van der Waals surface area contributed by atoms with Gasteiger partial charge in [0.05, 0.1) is 17.3 Å². The molecule has 0 radical (unpaired) electrons. The summed E-state index contributed by atoms with van der Waals surface area (Å²) in [6, 6.07) is 21.6. The molecule has 2 heterocycles. The molecule has 5 nitrogen and oxygen atoms in total. The van der Waals surface area contributed by atoms with Crippen LogP contribution >= 0.6 is 0 Å².